The van der Waals surface area contributed by atoms with Crippen molar-refractivity contribution >= 4 is 5.91 Å². The molecule has 2 atom stereocenters. The predicted molar refractivity (Wildman–Crippen MR) is 60.2 cm³/mol. The monoisotopic (exact) mass is 209 g/mol. The van der Waals surface area contributed by atoms with Gasteiger partial charge >= 0.3 is 0 Å². The zero-order valence-electron chi connectivity index (χ0n) is 10.0. The number of carbonyl (C=O) groups excluding carboxylic acids is 1. The Bertz CT molecular complexity index is 355. The topological polar surface area (TPSA) is 52.3 Å². The molecule has 3 heteroatoms. The molecule has 0 spiro atoms. The molecule has 2 unspecified atom stereocenters. The van der Waals surface area contributed by atoms with Crippen molar-refractivity contribution in [3.63, 3.8) is 0 Å². The van der Waals surface area contributed by atoms with E-state index in [9.17, 15) is 4.79 Å². The average molecular weight is 209 g/mol. The molecule has 0 radical (unpaired) electrons. The summed E-state index contributed by atoms with van der Waals surface area (Å²) in [5, 5.41) is 0. The number of nitrogens with two attached hydrogens (primary N) is 1. The highest BCUT2D eigenvalue weighted by molar-refractivity contribution is 5.82. The summed E-state index contributed by atoms with van der Waals surface area (Å²) in [5.74, 6) is -0.698. The van der Waals surface area contributed by atoms with Crippen molar-refractivity contribution in [2.24, 2.45) is 11.7 Å². The number of hydrogen-bond acceptors (Lipinski definition) is 2. The maximum Gasteiger partial charge on any atom is 0.227 e. The first kappa shape index (κ1) is 12.0. The van der Waals surface area contributed by atoms with E-state index < -0.39 is 5.60 Å². The Labute approximate surface area is 91.0 Å². The van der Waals surface area contributed by atoms with E-state index >= 15 is 0 Å². The fraction of sp³-hybridized carbons (Fsp3) is 0.583. The number of primary amides is 1. The zero-order valence-corrected chi connectivity index (χ0v) is 10.0. The Balaban J connectivity index is 3.32. The first-order valence-corrected chi connectivity index (χ1v) is 5.05. The molecule has 1 aliphatic rings. The molecule has 1 amide bonds. The third-order valence-electron chi connectivity index (χ3n) is 3.53. The second kappa shape index (κ2) is 3.81. The van der Waals surface area contributed by atoms with Crippen LogP contribution in [0.1, 0.15) is 27.7 Å². The summed E-state index contributed by atoms with van der Waals surface area (Å²) in [6, 6.07) is 0. The van der Waals surface area contributed by atoms with Gasteiger partial charge in [0.25, 0.3) is 0 Å². The Hall–Kier alpha value is -1.09. The molecule has 84 valence electrons. The van der Waals surface area contributed by atoms with Crippen molar-refractivity contribution in [3.05, 3.63) is 22.8 Å². The number of hydrogen-bond donors (Lipinski definition) is 1. The van der Waals surface area contributed by atoms with Gasteiger partial charge < -0.3 is 10.5 Å². The lowest BCUT2D eigenvalue weighted by Gasteiger charge is -2.39. The summed E-state index contributed by atoms with van der Waals surface area (Å²) >= 11 is 0. The van der Waals surface area contributed by atoms with Crippen LogP contribution in [-0.2, 0) is 9.53 Å². The fourth-order valence-corrected chi connectivity index (χ4v) is 2.21. The number of rotatable bonds is 2. The van der Waals surface area contributed by atoms with Crippen LogP contribution in [-0.4, -0.2) is 18.6 Å². The van der Waals surface area contributed by atoms with Crippen molar-refractivity contribution in [1.82, 2.24) is 0 Å². The zero-order chi connectivity index (χ0) is 11.8. The first-order chi connectivity index (χ1) is 6.84. The van der Waals surface area contributed by atoms with Gasteiger partial charge in [0.1, 0.15) is 5.60 Å². The quantitative estimate of drug-likeness (QED) is 0.753. The third-order valence-corrected chi connectivity index (χ3v) is 3.53. The van der Waals surface area contributed by atoms with Gasteiger partial charge in [0.05, 0.1) is 5.92 Å². The standard InChI is InChI=1S/C12H19NO2/c1-7-6-8(2)12(4,15-5)10(9(7)3)11(13)14/h6,10H,1-5H3,(H2,13,14). The minimum absolute atomic E-state index is 0.330. The highest BCUT2D eigenvalue weighted by Crippen LogP contribution is 2.39. The van der Waals surface area contributed by atoms with Crippen LogP contribution in [0.2, 0.25) is 0 Å². The van der Waals surface area contributed by atoms with E-state index in [1.54, 1.807) is 7.11 Å². The summed E-state index contributed by atoms with van der Waals surface area (Å²) in [7, 11) is 1.61. The van der Waals surface area contributed by atoms with Crippen LogP contribution in [0.3, 0.4) is 0 Å². The van der Waals surface area contributed by atoms with Gasteiger partial charge in [-0.05, 0) is 33.3 Å². The van der Waals surface area contributed by atoms with E-state index in [-0.39, 0.29) is 11.8 Å². The number of allylic oxidation sites excluding steroid dienone is 2. The molecule has 0 fully saturated rings. The molecule has 15 heavy (non-hydrogen) atoms. The second-order valence-electron chi connectivity index (χ2n) is 4.34. The first-order valence-electron chi connectivity index (χ1n) is 5.05. The van der Waals surface area contributed by atoms with Gasteiger partial charge in [0.2, 0.25) is 5.91 Å². The van der Waals surface area contributed by atoms with E-state index in [0.29, 0.717) is 0 Å². The van der Waals surface area contributed by atoms with Gasteiger partial charge in [-0.15, -0.1) is 0 Å². The minimum Gasteiger partial charge on any atom is -0.373 e. The third kappa shape index (κ3) is 1.72. The van der Waals surface area contributed by atoms with E-state index in [2.05, 4.69) is 6.08 Å². The molecule has 0 saturated carbocycles. The molecule has 0 saturated heterocycles. The normalized spacial score (nSPS) is 31.5. The molecule has 0 aromatic heterocycles. The van der Waals surface area contributed by atoms with Crippen molar-refractivity contribution in [2.45, 2.75) is 33.3 Å². The molecular weight excluding hydrogens is 190 g/mol. The summed E-state index contributed by atoms with van der Waals surface area (Å²) in [4.78, 5) is 11.5. The lowest BCUT2D eigenvalue weighted by atomic mass is 9.73. The maximum atomic E-state index is 11.5. The SMILES string of the molecule is COC1(C)C(C)=CC(C)=C(C)C1C(N)=O. The van der Waals surface area contributed by atoms with Crippen LogP contribution in [0.4, 0.5) is 0 Å². The van der Waals surface area contributed by atoms with E-state index in [1.807, 2.05) is 27.7 Å². The Morgan fingerprint density at radius 2 is 2.00 bits per heavy atom. The molecule has 1 rings (SSSR count). The molecule has 1 aliphatic carbocycles. The van der Waals surface area contributed by atoms with Crippen molar-refractivity contribution in [2.75, 3.05) is 7.11 Å². The maximum absolute atomic E-state index is 11.5. The van der Waals surface area contributed by atoms with Crippen LogP contribution in [0.5, 0.6) is 0 Å². The van der Waals surface area contributed by atoms with Crippen LogP contribution in [0.15, 0.2) is 22.8 Å². The van der Waals surface area contributed by atoms with Crippen LogP contribution in [0, 0.1) is 5.92 Å². The van der Waals surface area contributed by atoms with Gasteiger partial charge in [-0.2, -0.15) is 0 Å². The molecule has 0 bridgehead atoms. The summed E-state index contributed by atoms with van der Waals surface area (Å²) in [6.45, 7) is 7.80. The molecule has 0 aromatic rings. The molecular formula is C12H19NO2. The summed E-state index contributed by atoms with van der Waals surface area (Å²) in [6.07, 6.45) is 2.05. The Morgan fingerprint density at radius 1 is 1.47 bits per heavy atom. The smallest absolute Gasteiger partial charge is 0.227 e. The molecule has 0 aliphatic heterocycles. The van der Waals surface area contributed by atoms with E-state index in [1.165, 1.54) is 0 Å². The molecule has 0 aromatic carbocycles. The molecule has 0 heterocycles. The van der Waals surface area contributed by atoms with Crippen molar-refractivity contribution < 1.29 is 9.53 Å². The summed E-state index contributed by atoms with van der Waals surface area (Å²) in [5.41, 5.74) is 7.99. The Morgan fingerprint density at radius 3 is 2.40 bits per heavy atom. The molecule has 3 nitrogen and oxygen atoms in total. The van der Waals surface area contributed by atoms with E-state index in [0.717, 1.165) is 16.7 Å². The lowest BCUT2D eigenvalue weighted by Crippen LogP contribution is -2.47. The largest absolute Gasteiger partial charge is 0.373 e. The van der Waals surface area contributed by atoms with Crippen LogP contribution < -0.4 is 5.73 Å². The van der Waals surface area contributed by atoms with Gasteiger partial charge in [-0.25, -0.2) is 0 Å². The molecule has 2 N–H and O–H groups in total. The van der Waals surface area contributed by atoms with Crippen molar-refractivity contribution in [1.29, 1.82) is 0 Å². The number of carbonyl (C=O) groups is 1. The van der Waals surface area contributed by atoms with E-state index in [4.69, 9.17) is 10.5 Å². The van der Waals surface area contributed by atoms with Gasteiger partial charge in [0, 0.05) is 7.11 Å². The highest BCUT2D eigenvalue weighted by Gasteiger charge is 2.43. The average Bonchev–Trinajstić information content (AvgIpc) is 2.14. The van der Waals surface area contributed by atoms with Crippen LogP contribution in [0.25, 0.3) is 0 Å². The number of amides is 1. The van der Waals surface area contributed by atoms with Gasteiger partial charge in [-0.1, -0.05) is 17.2 Å². The Kier molecular flexibility index (Phi) is 3.05. The second-order valence-corrected chi connectivity index (χ2v) is 4.34. The lowest BCUT2D eigenvalue weighted by molar-refractivity contribution is -0.128. The number of methoxy groups -OCH3 is 1. The summed E-state index contributed by atoms with van der Waals surface area (Å²) < 4.78 is 5.48. The van der Waals surface area contributed by atoms with Gasteiger partial charge in [0.15, 0.2) is 0 Å². The van der Waals surface area contributed by atoms with Crippen molar-refractivity contribution in [3.8, 4) is 0 Å². The predicted octanol–water partition coefficient (Wildman–Crippen LogP) is 1.79. The van der Waals surface area contributed by atoms with Crippen LogP contribution >= 0.6 is 0 Å². The van der Waals surface area contributed by atoms with Gasteiger partial charge in [-0.3, -0.25) is 4.79 Å². The fourth-order valence-electron chi connectivity index (χ4n) is 2.21. The highest BCUT2D eigenvalue weighted by atomic mass is 16.5. The number of ether oxygens (including phenoxy) is 1. The minimum atomic E-state index is -0.602.